The Kier molecular flexibility index (Phi) is 7.89. The molecule has 5 heteroatoms. The van der Waals surface area contributed by atoms with E-state index in [4.69, 9.17) is 0 Å². The lowest BCUT2D eigenvalue weighted by Gasteiger charge is -2.35. The van der Waals surface area contributed by atoms with E-state index in [-0.39, 0.29) is 17.9 Å². The normalized spacial score (nSPS) is 14.4. The van der Waals surface area contributed by atoms with Gasteiger partial charge in [0, 0.05) is 44.3 Å². The fourth-order valence-electron chi connectivity index (χ4n) is 4.08. The van der Waals surface area contributed by atoms with Gasteiger partial charge in [-0.05, 0) is 50.8 Å². The van der Waals surface area contributed by atoms with Crippen molar-refractivity contribution in [1.29, 1.82) is 0 Å². The Morgan fingerprint density at radius 1 is 0.967 bits per heavy atom. The molecule has 2 amide bonds. The largest absolute Gasteiger partial charge is 0.371 e. The highest BCUT2D eigenvalue weighted by Crippen LogP contribution is 2.25. The lowest BCUT2D eigenvalue weighted by molar-refractivity contribution is -0.121. The van der Waals surface area contributed by atoms with Gasteiger partial charge in [0.15, 0.2) is 0 Å². The highest BCUT2D eigenvalue weighted by molar-refractivity contribution is 5.99. The molecule has 1 aliphatic heterocycles. The van der Waals surface area contributed by atoms with Crippen molar-refractivity contribution in [3.63, 3.8) is 0 Å². The molecule has 0 atom stereocenters. The van der Waals surface area contributed by atoms with E-state index in [1.54, 1.807) is 0 Å². The zero-order valence-electron chi connectivity index (χ0n) is 18.1. The van der Waals surface area contributed by atoms with Crippen LogP contribution in [0.2, 0.25) is 0 Å². The minimum Gasteiger partial charge on any atom is -0.371 e. The second-order valence-electron chi connectivity index (χ2n) is 7.81. The number of anilines is 1. The van der Waals surface area contributed by atoms with Crippen LogP contribution in [0, 0.1) is 0 Å². The van der Waals surface area contributed by atoms with Gasteiger partial charge in [-0.3, -0.25) is 9.59 Å². The molecule has 1 heterocycles. The maximum atomic E-state index is 12.9. The van der Waals surface area contributed by atoms with E-state index in [0.29, 0.717) is 19.5 Å². The number of nitrogens with zero attached hydrogens (tertiary/aromatic N) is 2. The standard InChI is InChI=1S/C25H33N3O2/c1-3-27(4-2)25(30)22-12-8-9-13-23(22)28-18-16-21(17-19-28)26-24(29)15-14-20-10-6-5-7-11-20/h5-13,21H,3-4,14-19H2,1-2H3,(H,26,29). The van der Waals surface area contributed by atoms with E-state index in [9.17, 15) is 9.59 Å². The van der Waals surface area contributed by atoms with Gasteiger partial charge in [0.2, 0.25) is 5.91 Å². The number of rotatable bonds is 8. The number of piperidine rings is 1. The molecule has 0 radical (unpaired) electrons. The molecule has 1 N–H and O–H groups in total. The number of amides is 2. The van der Waals surface area contributed by atoms with Crippen LogP contribution in [0.25, 0.3) is 0 Å². The number of benzene rings is 2. The van der Waals surface area contributed by atoms with Gasteiger partial charge in [0.1, 0.15) is 0 Å². The molecule has 0 aromatic heterocycles. The molecule has 2 aromatic carbocycles. The summed E-state index contributed by atoms with van der Waals surface area (Å²) in [6, 6.07) is 18.2. The van der Waals surface area contributed by atoms with E-state index in [1.165, 1.54) is 5.56 Å². The van der Waals surface area contributed by atoms with E-state index in [1.807, 2.05) is 61.2 Å². The maximum absolute atomic E-state index is 12.9. The molecular formula is C25H33N3O2. The third-order valence-electron chi connectivity index (χ3n) is 5.87. The predicted molar refractivity (Wildman–Crippen MR) is 122 cm³/mol. The molecule has 1 fully saturated rings. The van der Waals surface area contributed by atoms with Crippen LogP contribution in [0.3, 0.4) is 0 Å². The lowest BCUT2D eigenvalue weighted by Crippen LogP contribution is -2.45. The average molecular weight is 408 g/mol. The quantitative estimate of drug-likeness (QED) is 0.722. The van der Waals surface area contributed by atoms with E-state index >= 15 is 0 Å². The van der Waals surface area contributed by atoms with Gasteiger partial charge in [-0.25, -0.2) is 0 Å². The van der Waals surface area contributed by atoms with Crippen LogP contribution in [-0.2, 0) is 11.2 Å². The molecule has 0 saturated carbocycles. The predicted octanol–water partition coefficient (Wildman–Crippen LogP) is 3.89. The number of carbonyl (C=O) groups is 2. The molecule has 5 nitrogen and oxygen atoms in total. The Hall–Kier alpha value is -2.82. The molecule has 0 spiro atoms. The Labute approximate surface area is 180 Å². The maximum Gasteiger partial charge on any atom is 0.255 e. The number of hydrogen-bond donors (Lipinski definition) is 1. The summed E-state index contributed by atoms with van der Waals surface area (Å²) in [6.45, 7) is 7.12. The smallest absolute Gasteiger partial charge is 0.255 e. The first-order chi connectivity index (χ1) is 14.6. The molecule has 30 heavy (non-hydrogen) atoms. The van der Waals surface area contributed by atoms with Gasteiger partial charge in [0.05, 0.1) is 5.56 Å². The highest BCUT2D eigenvalue weighted by atomic mass is 16.2. The van der Waals surface area contributed by atoms with Gasteiger partial charge in [-0.2, -0.15) is 0 Å². The molecule has 1 aliphatic rings. The van der Waals surface area contributed by atoms with Crippen molar-refractivity contribution in [3.05, 3.63) is 65.7 Å². The number of carbonyl (C=O) groups excluding carboxylic acids is 2. The number of hydrogen-bond acceptors (Lipinski definition) is 3. The monoisotopic (exact) mass is 407 g/mol. The summed E-state index contributed by atoms with van der Waals surface area (Å²) < 4.78 is 0. The Bertz CT molecular complexity index is 825. The van der Waals surface area contributed by atoms with Crippen molar-refractivity contribution < 1.29 is 9.59 Å². The van der Waals surface area contributed by atoms with Gasteiger partial charge >= 0.3 is 0 Å². The summed E-state index contributed by atoms with van der Waals surface area (Å²) in [5.41, 5.74) is 2.96. The SMILES string of the molecule is CCN(CC)C(=O)c1ccccc1N1CCC(NC(=O)CCc2ccccc2)CC1. The van der Waals surface area contributed by atoms with Crippen LogP contribution in [0.1, 0.15) is 49.0 Å². The van der Waals surface area contributed by atoms with Crippen LogP contribution < -0.4 is 10.2 Å². The van der Waals surface area contributed by atoms with Crippen LogP contribution in [-0.4, -0.2) is 48.9 Å². The molecule has 160 valence electrons. The molecular weight excluding hydrogens is 374 g/mol. The van der Waals surface area contributed by atoms with Gasteiger partial charge in [0.25, 0.3) is 5.91 Å². The van der Waals surface area contributed by atoms with Gasteiger partial charge in [-0.15, -0.1) is 0 Å². The number of nitrogens with one attached hydrogen (secondary N) is 1. The lowest BCUT2D eigenvalue weighted by atomic mass is 10.0. The van der Waals surface area contributed by atoms with Gasteiger partial charge < -0.3 is 15.1 Å². The van der Waals surface area contributed by atoms with Crippen molar-refractivity contribution in [3.8, 4) is 0 Å². The van der Waals surface area contributed by atoms with Crippen molar-refractivity contribution in [1.82, 2.24) is 10.2 Å². The van der Waals surface area contributed by atoms with E-state index in [2.05, 4.69) is 22.3 Å². The first kappa shape index (κ1) is 21.9. The summed E-state index contributed by atoms with van der Waals surface area (Å²) in [5, 5.41) is 3.19. The summed E-state index contributed by atoms with van der Waals surface area (Å²) in [6.07, 6.45) is 3.08. The van der Waals surface area contributed by atoms with Crippen LogP contribution in [0.5, 0.6) is 0 Å². The molecule has 0 bridgehead atoms. The number of aryl methyl sites for hydroxylation is 1. The molecule has 3 rings (SSSR count). The second kappa shape index (κ2) is 10.8. The summed E-state index contributed by atoms with van der Waals surface area (Å²) in [5.74, 6) is 0.210. The second-order valence-corrected chi connectivity index (χ2v) is 7.81. The Morgan fingerprint density at radius 3 is 2.27 bits per heavy atom. The minimum atomic E-state index is 0.0898. The van der Waals surface area contributed by atoms with Crippen molar-refractivity contribution in [2.45, 2.75) is 45.6 Å². The summed E-state index contributed by atoms with van der Waals surface area (Å²) in [7, 11) is 0. The van der Waals surface area contributed by atoms with Gasteiger partial charge in [-0.1, -0.05) is 42.5 Å². The summed E-state index contributed by atoms with van der Waals surface area (Å²) in [4.78, 5) is 29.4. The van der Waals surface area contributed by atoms with Crippen LogP contribution in [0.4, 0.5) is 5.69 Å². The minimum absolute atomic E-state index is 0.0898. The Balaban J connectivity index is 1.53. The van der Waals surface area contributed by atoms with Crippen LogP contribution >= 0.6 is 0 Å². The van der Waals surface area contributed by atoms with Crippen molar-refractivity contribution in [2.24, 2.45) is 0 Å². The Morgan fingerprint density at radius 2 is 1.60 bits per heavy atom. The molecule has 2 aromatic rings. The molecule has 1 saturated heterocycles. The van der Waals surface area contributed by atoms with Crippen molar-refractivity contribution in [2.75, 3.05) is 31.1 Å². The first-order valence-electron chi connectivity index (χ1n) is 11.1. The fourth-order valence-corrected chi connectivity index (χ4v) is 4.08. The zero-order chi connectivity index (χ0) is 21.3. The third-order valence-corrected chi connectivity index (χ3v) is 5.87. The fraction of sp³-hybridized carbons (Fsp3) is 0.440. The topological polar surface area (TPSA) is 52.7 Å². The average Bonchev–Trinajstić information content (AvgIpc) is 2.80. The highest BCUT2D eigenvalue weighted by Gasteiger charge is 2.24. The van der Waals surface area contributed by atoms with Crippen molar-refractivity contribution >= 4 is 17.5 Å². The van der Waals surface area contributed by atoms with E-state index in [0.717, 1.165) is 43.6 Å². The third kappa shape index (κ3) is 5.62. The number of para-hydroxylation sites is 1. The molecule has 0 unspecified atom stereocenters. The van der Waals surface area contributed by atoms with E-state index < -0.39 is 0 Å². The zero-order valence-corrected chi connectivity index (χ0v) is 18.1. The van der Waals surface area contributed by atoms with Crippen LogP contribution in [0.15, 0.2) is 54.6 Å². The summed E-state index contributed by atoms with van der Waals surface area (Å²) >= 11 is 0. The molecule has 0 aliphatic carbocycles. The first-order valence-corrected chi connectivity index (χ1v) is 11.1.